The van der Waals surface area contributed by atoms with Crippen LogP contribution in [0.5, 0.6) is 0 Å². The van der Waals surface area contributed by atoms with Gasteiger partial charge in [0.05, 0.1) is 6.10 Å². The van der Waals surface area contributed by atoms with Crippen molar-refractivity contribution in [2.24, 2.45) is 17.3 Å². The molecule has 1 saturated carbocycles. The van der Waals surface area contributed by atoms with Crippen LogP contribution < -0.4 is 5.32 Å². The van der Waals surface area contributed by atoms with E-state index in [1.807, 2.05) is 6.92 Å². The molecule has 0 aliphatic heterocycles. The zero-order chi connectivity index (χ0) is 13.8. The lowest BCUT2D eigenvalue weighted by atomic mass is 9.69. The summed E-state index contributed by atoms with van der Waals surface area (Å²) in [5.41, 5.74) is 0.361. The van der Waals surface area contributed by atoms with Gasteiger partial charge >= 0.3 is 0 Å². The van der Waals surface area contributed by atoms with Gasteiger partial charge in [-0.3, -0.25) is 4.79 Å². The molecule has 1 atom stereocenters. The third-order valence-electron chi connectivity index (χ3n) is 4.31. The first-order valence-corrected chi connectivity index (χ1v) is 7.30. The van der Waals surface area contributed by atoms with Crippen molar-refractivity contribution in [3.8, 4) is 0 Å². The summed E-state index contributed by atoms with van der Waals surface area (Å²) in [5.74, 6) is 1.03. The van der Waals surface area contributed by atoms with Gasteiger partial charge in [-0.05, 0) is 43.4 Å². The fraction of sp³-hybridized carbons (Fsp3) is 0.933. The van der Waals surface area contributed by atoms with Crippen LogP contribution in [0.25, 0.3) is 0 Å². The molecule has 106 valence electrons. The number of hydrogen-bond donors (Lipinski definition) is 2. The van der Waals surface area contributed by atoms with Crippen molar-refractivity contribution in [3.05, 3.63) is 0 Å². The highest BCUT2D eigenvalue weighted by Crippen LogP contribution is 2.39. The summed E-state index contributed by atoms with van der Waals surface area (Å²) in [5, 5.41) is 12.3. The summed E-state index contributed by atoms with van der Waals surface area (Å²) < 4.78 is 0. The highest BCUT2D eigenvalue weighted by molar-refractivity contribution is 5.78. The summed E-state index contributed by atoms with van der Waals surface area (Å²) in [6.07, 6.45) is 4.58. The first-order chi connectivity index (χ1) is 8.34. The molecule has 0 spiro atoms. The molecule has 1 amide bonds. The Hall–Kier alpha value is -0.570. The van der Waals surface area contributed by atoms with E-state index in [4.69, 9.17) is 0 Å². The number of rotatable bonds is 4. The van der Waals surface area contributed by atoms with E-state index in [1.54, 1.807) is 0 Å². The van der Waals surface area contributed by atoms with E-state index in [9.17, 15) is 9.90 Å². The number of carbonyl (C=O) groups is 1. The van der Waals surface area contributed by atoms with E-state index >= 15 is 0 Å². The molecule has 0 aromatic carbocycles. The zero-order valence-electron chi connectivity index (χ0n) is 12.3. The van der Waals surface area contributed by atoms with Crippen LogP contribution in [0.4, 0.5) is 0 Å². The molecule has 3 heteroatoms. The fourth-order valence-electron chi connectivity index (χ4n) is 2.73. The van der Waals surface area contributed by atoms with Crippen LogP contribution in [0.2, 0.25) is 0 Å². The van der Waals surface area contributed by atoms with Gasteiger partial charge in [-0.15, -0.1) is 0 Å². The topological polar surface area (TPSA) is 49.3 Å². The van der Waals surface area contributed by atoms with Crippen LogP contribution >= 0.6 is 0 Å². The van der Waals surface area contributed by atoms with E-state index < -0.39 is 6.10 Å². The Balaban J connectivity index is 2.32. The van der Waals surface area contributed by atoms with Crippen LogP contribution in [-0.4, -0.2) is 23.7 Å². The monoisotopic (exact) mass is 255 g/mol. The van der Waals surface area contributed by atoms with Gasteiger partial charge in [0.25, 0.3) is 0 Å². The Bertz CT molecular complexity index is 262. The first-order valence-electron chi connectivity index (χ1n) is 7.30. The van der Waals surface area contributed by atoms with E-state index in [0.717, 1.165) is 31.6 Å². The zero-order valence-corrected chi connectivity index (χ0v) is 12.3. The number of hydrogen-bond acceptors (Lipinski definition) is 2. The molecule has 0 aromatic heterocycles. The molecule has 1 unspecified atom stereocenters. The van der Waals surface area contributed by atoms with Crippen molar-refractivity contribution in [1.29, 1.82) is 0 Å². The number of nitrogens with one attached hydrogen (secondary N) is 1. The van der Waals surface area contributed by atoms with Gasteiger partial charge in [-0.2, -0.15) is 0 Å². The Morgan fingerprint density at radius 1 is 1.28 bits per heavy atom. The van der Waals surface area contributed by atoms with Crippen LogP contribution in [0.15, 0.2) is 0 Å². The summed E-state index contributed by atoms with van der Waals surface area (Å²) in [6.45, 7) is 9.18. The molecule has 0 aromatic rings. The molecule has 3 nitrogen and oxygen atoms in total. The minimum Gasteiger partial charge on any atom is -0.391 e. The quantitative estimate of drug-likeness (QED) is 0.811. The van der Waals surface area contributed by atoms with Gasteiger partial charge in [0, 0.05) is 12.5 Å². The smallest absolute Gasteiger partial charge is 0.223 e. The molecule has 1 aliphatic rings. The van der Waals surface area contributed by atoms with Gasteiger partial charge in [0.2, 0.25) is 5.91 Å². The van der Waals surface area contributed by atoms with Gasteiger partial charge in [0.1, 0.15) is 0 Å². The molecule has 18 heavy (non-hydrogen) atoms. The molecule has 1 rings (SSSR count). The Kier molecular flexibility index (Phi) is 5.64. The average molecular weight is 255 g/mol. The molecule has 0 saturated heterocycles. The standard InChI is InChI=1S/C15H29NO2/c1-5-13(17)10-16-14(18)11-6-8-12(9-7-11)15(2,3)4/h11-13,17H,5-10H2,1-4H3,(H,16,18). The van der Waals surface area contributed by atoms with Crippen molar-refractivity contribution in [2.45, 2.75) is 65.9 Å². The summed E-state index contributed by atoms with van der Waals surface area (Å²) >= 11 is 0. The molecule has 0 radical (unpaired) electrons. The molecular formula is C15H29NO2. The van der Waals surface area contributed by atoms with Gasteiger partial charge < -0.3 is 10.4 Å². The van der Waals surface area contributed by atoms with E-state index in [2.05, 4.69) is 26.1 Å². The van der Waals surface area contributed by atoms with Gasteiger partial charge in [-0.1, -0.05) is 27.7 Å². The molecule has 0 bridgehead atoms. The highest BCUT2D eigenvalue weighted by Gasteiger charge is 2.32. The lowest BCUT2D eigenvalue weighted by molar-refractivity contribution is -0.127. The Labute approximate surface area is 111 Å². The summed E-state index contributed by atoms with van der Waals surface area (Å²) in [6, 6.07) is 0. The van der Waals surface area contributed by atoms with Crippen LogP contribution in [0.3, 0.4) is 0 Å². The minimum atomic E-state index is -0.403. The normalized spacial score (nSPS) is 26.7. The predicted octanol–water partition coefficient (Wildman–Crippen LogP) is 2.73. The maximum absolute atomic E-state index is 12.0. The lowest BCUT2D eigenvalue weighted by Crippen LogP contribution is -2.38. The second-order valence-corrected chi connectivity index (χ2v) is 6.72. The van der Waals surface area contributed by atoms with Crippen molar-refractivity contribution in [2.75, 3.05) is 6.54 Å². The maximum atomic E-state index is 12.0. The van der Waals surface area contributed by atoms with E-state index in [0.29, 0.717) is 18.4 Å². The molecule has 0 heterocycles. The number of amides is 1. The van der Waals surface area contributed by atoms with Crippen LogP contribution in [0, 0.1) is 17.3 Å². The summed E-state index contributed by atoms with van der Waals surface area (Å²) in [7, 11) is 0. The Morgan fingerprint density at radius 2 is 1.83 bits per heavy atom. The molecular weight excluding hydrogens is 226 g/mol. The van der Waals surface area contributed by atoms with Crippen molar-refractivity contribution < 1.29 is 9.90 Å². The second kappa shape index (κ2) is 6.55. The van der Waals surface area contributed by atoms with E-state index in [-0.39, 0.29) is 11.8 Å². The third-order valence-corrected chi connectivity index (χ3v) is 4.31. The summed E-state index contributed by atoms with van der Waals surface area (Å²) in [4.78, 5) is 12.0. The predicted molar refractivity (Wildman–Crippen MR) is 74.2 cm³/mol. The van der Waals surface area contributed by atoms with Gasteiger partial charge in [-0.25, -0.2) is 0 Å². The highest BCUT2D eigenvalue weighted by atomic mass is 16.3. The second-order valence-electron chi connectivity index (χ2n) is 6.72. The average Bonchev–Trinajstić information content (AvgIpc) is 2.34. The SMILES string of the molecule is CCC(O)CNC(=O)C1CCC(C(C)(C)C)CC1. The first kappa shape index (κ1) is 15.5. The molecule has 1 aliphatic carbocycles. The minimum absolute atomic E-state index is 0.134. The van der Waals surface area contributed by atoms with Crippen molar-refractivity contribution >= 4 is 5.91 Å². The maximum Gasteiger partial charge on any atom is 0.223 e. The largest absolute Gasteiger partial charge is 0.391 e. The fourth-order valence-corrected chi connectivity index (χ4v) is 2.73. The third kappa shape index (κ3) is 4.60. The number of aliphatic hydroxyl groups is 1. The molecule has 1 fully saturated rings. The number of carbonyl (C=O) groups excluding carboxylic acids is 1. The molecule has 2 N–H and O–H groups in total. The van der Waals surface area contributed by atoms with E-state index in [1.165, 1.54) is 0 Å². The van der Waals surface area contributed by atoms with Crippen LogP contribution in [-0.2, 0) is 4.79 Å². The number of aliphatic hydroxyl groups excluding tert-OH is 1. The van der Waals surface area contributed by atoms with Crippen molar-refractivity contribution in [1.82, 2.24) is 5.32 Å². The van der Waals surface area contributed by atoms with Crippen LogP contribution in [0.1, 0.15) is 59.8 Å². The van der Waals surface area contributed by atoms with Gasteiger partial charge in [0.15, 0.2) is 0 Å². The lowest BCUT2D eigenvalue weighted by Gasteiger charge is -2.36. The Morgan fingerprint density at radius 3 is 2.28 bits per heavy atom. The van der Waals surface area contributed by atoms with Crippen molar-refractivity contribution in [3.63, 3.8) is 0 Å².